The van der Waals surface area contributed by atoms with Crippen LogP contribution in [-0.2, 0) is 20.9 Å². The topological polar surface area (TPSA) is 63.6 Å². The van der Waals surface area contributed by atoms with Gasteiger partial charge in [0.15, 0.2) is 0 Å². The maximum atomic E-state index is 12.7. The molecule has 0 aromatic heterocycles. The fraction of sp³-hybridized carbons (Fsp3) is 0.600. The van der Waals surface area contributed by atoms with Crippen molar-refractivity contribution >= 4 is 11.9 Å². The van der Waals surface area contributed by atoms with Gasteiger partial charge in [-0.2, -0.15) is 0 Å². The Morgan fingerprint density at radius 1 is 1.17 bits per heavy atom. The SMILES string of the molecule is CC(C)C[C@@H](C(=O)O)[C@@H](C(=O)OCc1ccccc1)C1CCCC1. The van der Waals surface area contributed by atoms with E-state index in [4.69, 9.17) is 4.74 Å². The molecule has 1 saturated carbocycles. The number of carbonyl (C=O) groups is 2. The molecule has 4 nitrogen and oxygen atoms in total. The minimum Gasteiger partial charge on any atom is -0.481 e. The van der Waals surface area contributed by atoms with E-state index < -0.39 is 17.8 Å². The normalized spacial score (nSPS) is 17.6. The maximum Gasteiger partial charge on any atom is 0.310 e. The molecule has 0 aliphatic heterocycles. The Kier molecular flexibility index (Phi) is 6.83. The van der Waals surface area contributed by atoms with Crippen LogP contribution in [0, 0.1) is 23.7 Å². The van der Waals surface area contributed by atoms with E-state index in [0.717, 1.165) is 31.2 Å². The van der Waals surface area contributed by atoms with E-state index in [9.17, 15) is 14.7 Å². The number of benzene rings is 1. The zero-order valence-corrected chi connectivity index (χ0v) is 14.6. The number of hydrogen-bond donors (Lipinski definition) is 1. The highest BCUT2D eigenvalue weighted by atomic mass is 16.5. The largest absolute Gasteiger partial charge is 0.481 e. The lowest BCUT2D eigenvalue weighted by molar-refractivity contribution is -0.162. The second-order valence-corrected chi connectivity index (χ2v) is 7.24. The number of rotatable bonds is 8. The molecule has 1 fully saturated rings. The van der Waals surface area contributed by atoms with Crippen molar-refractivity contribution in [3.8, 4) is 0 Å². The highest BCUT2D eigenvalue weighted by molar-refractivity contribution is 5.81. The van der Waals surface area contributed by atoms with E-state index >= 15 is 0 Å². The quantitative estimate of drug-likeness (QED) is 0.722. The molecule has 0 amide bonds. The third kappa shape index (κ3) is 5.08. The van der Waals surface area contributed by atoms with Crippen molar-refractivity contribution in [2.24, 2.45) is 23.7 Å². The van der Waals surface area contributed by atoms with Gasteiger partial charge in [-0.25, -0.2) is 0 Å². The van der Waals surface area contributed by atoms with Gasteiger partial charge >= 0.3 is 11.9 Å². The third-order valence-corrected chi connectivity index (χ3v) is 4.88. The van der Waals surface area contributed by atoms with Crippen LogP contribution in [0.5, 0.6) is 0 Å². The lowest BCUT2D eigenvalue weighted by Crippen LogP contribution is -2.36. The van der Waals surface area contributed by atoms with Crippen molar-refractivity contribution in [3.05, 3.63) is 35.9 Å². The zero-order valence-electron chi connectivity index (χ0n) is 14.6. The number of aliphatic carboxylic acids is 1. The molecular weight excluding hydrogens is 304 g/mol. The van der Waals surface area contributed by atoms with Crippen LogP contribution in [-0.4, -0.2) is 17.0 Å². The molecule has 0 heterocycles. The summed E-state index contributed by atoms with van der Waals surface area (Å²) in [5.74, 6) is -2.05. The molecule has 1 aliphatic carbocycles. The van der Waals surface area contributed by atoms with Gasteiger partial charge < -0.3 is 9.84 Å². The van der Waals surface area contributed by atoms with Gasteiger partial charge in [-0.05, 0) is 36.7 Å². The fourth-order valence-corrected chi connectivity index (χ4v) is 3.74. The number of carboxylic acids is 1. The summed E-state index contributed by atoms with van der Waals surface area (Å²) in [5, 5.41) is 9.68. The highest BCUT2D eigenvalue weighted by Gasteiger charge is 2.41. The van der Waals surface area contributed by atoms with Gasteiger partial charge in [0.25, 0.3) is 0 Å². The number of esters is 1. The Balaban J connectivity index is 2.11. The first-order valence-corrected chi connectivity index (χ1v) is 8.92. The third-order valence-electron chi connectivity index (χ3n) is 4.88. The molecule has 1 aromatic rings. The second kappa shape index (κ2) is 8.86. The molecule has 1 N–H and O–H groups in total. The van der Waals surface area contributed by atoms with Crippen molar-refractivity contribution in [1.29, 1.82) is 0 Å². The molecule has 24 heavy (non-hydrogen) atoms. The lowest BCUT2D eigenvalue weighted by atomic mass is 9.77. The van der Waals surface area contributed by atoms with Crippen LogP contribution in [0.1, 0.15) is 51.5 Å². The van der Waals surface area contributed by atoms with E-state index in [0.29, 0.717) is 6.42 Å². The minimum absolute atomic E-state index is 0.133. The zero-order chi connectivity index (χ0) is 17.5. The van der Waals surface area contributed by atoms with Crippen LogP contribution in [0.15, 0.2) is 30.3 Å². The van der Waals surface area contributed by atoms with E-state index in [1.54, 1.807) is 0 Å². The molecular formula is C20H28O4. The Hall–Kier alpha value is -1.84. The number of carbonyl (C=O) groups excluding carboxylic acids is 1. The van der Waals surface area contributed by atoms with Gasteiger partial charge in [0.1, 0.15) is 6.61 Å². The van der Waals surface area contributed by atoms with E-state index in [2.05, 4.69) is 0 Å². The molecule has 2 rings (SSSR count). The van der Waals surface area contributed by atoms with Crippen LogP contribution in [0.3, 0.4) is 0 Å². The monoisotopic (exact) mass is 332 g/mol. The van der Waals surface area contributed by atoms with Gasteiger partial charge in [0.05, 0.1) is 11.8 Å². The standard InChI is InChI=1S/C20H28O4/c1-14(2)12-17(19(21)22)18(16-10-6-7-11-16)20(23)24-13-15-8-4-3-5-9-15/h3-5,8-9,14,16-18H,6-7,10-13H2,1-2H3,(H,21,22)/t17-,18+/m1/s1. The number of hydrogen-bond acceptors (Lipinski definition) is 3. The van der Waals surface area contributed by atoms with Crippen LogP contribution in [0.2, 0.25) is 0 Å². The Morgan fingerprint density at radius 2 is 1.79 bits per heavy atom. The molecule has 1 aromatic carbocycles. The van der Waals surface area contributed by atoms with Crippen LogP contribution >= 0.6 is 0 Å². The highest BCUT2D eigenvalue weighted by Crippen LogP contribution is 2.38. The van der Waals surface area contributed by atoms with Gasteiger partial charge in [-0.15, -0.1) is 0 Å². The number of carboxylic acid groups (broad SMARTS) is 1. The molecule has 0 radical (unpaired) electrons. The second-order valence-electron chi connectivity index (χ2n) is 7.24. The van der Waals surface area contributed by atoms with Crippen molar-refractivity contribution in [2.75, 3.05) is 0 Å². The van der Waals surface area contributed by atoms with Gasteiger partial charge in [-0.3, -0.25) is 9.59 Å². The summed E-state index contributed by atoms with van der Waals surface area (Å²) in [7, 11) is 0. The molecule has 2 atom stereocenters. The molecule has 0 bridgehead atoms. The average Bonchev–Trinajstić information content (AvgIpc) is 3.07. The average molecular weight is 332 g/mol. The Labute approximate surface area is 144 Å². The van der Waals surface area contributed by atoms with Crippen LogP contribution < -0.4 is 0 Å². The molecule has 0 saturated heterocycles. The summed E-state index contributed by atoms with van der Waals surface area (Å²) in [6, 6.07) is 9.52. The van der Waals surface area contributed by atoms with E-state index in [-0.39, 0.29) is 24.4 Å². The fourth-order valence-electron chi connectivity index (χ4n) is 3.74. The molecule has 4 heteroatoms. The Bertz CT molecular complexity index is 532. The predicted molar refractivity (Wildman–Crippen MR) is 92.3 cm³/mol. The smallest absolute Gasteiger partial charge is 0.310 e. The Morgan fingerprint density at radius 3 is 2.33 bits per heavy atom. The molecule has 132 valence electrons. The van der Waals surface area contributed by atoms with Gasteiger partial charge in [0, 0.05) is 0 Å². The van der Waals surface area contributed by atoms with Crippen molar-refractivity contribution < 1.29 is 19.4 Å². The summed E-state index contributed by atoms with van der Waals surface area (Å²) >= 11 is 0. The van der Waals surface area contributed by atoms with Crippen molar-refractivity contribution in [3.63, 3.8) is 0 Å². The first kappa shape index (κ1) is 18.5. The molecule has 0 spiro atoms. The van der Waals surface area contributed by atoms with E-state index in [1.165, 1.54) is 0 Å². The first-order valence-electron chi connectivity index (χ1n) is 8.92. The van der Waals surface area contributed by atoms with Gasteiger partial charge in [-0.1, -0.05) is 57.0 Å². The number of ether oxygens (including phenoxy) is 1. The lowest BCUT2D eigenvalue weighted by Gasteiger charge is -2.28. The predicted octanol–water partition coefficient (Wildman–Crippen LogP) is 4.28. The summed E-state index contributed by atoms with van der Waals surface area (Å²) in [4.78, 5) is 24.5. The van der Waals surface area contributed by atoms with E-state index in [1.807, 2.05) is 44.2 Å². The van der Waals surface area contributed by atoms with Gasteiger partial charge in [0.2, 0.25) is 0 Å². The summed E-state index contributed by atoms with van der Waals surface area (Å²) in [5.41, 5.74) is 0.923. The first-order chi connectivity index (χ1) is 11.5. The summed E-state index contributed by atoms with van der Waals surface area (Å²) < 4.78 is 5.51. The summed E-state index contributed by atoms with van der Waals surface area (Å²) in [6.07, 6.45) is 4.50. The minimum atomic E-state index is -0.878. The molecule has 0 unspecified atom stereocenters. The maximum absolute atomic E-state index is 12.7. The van der Waals surface area contributed by atoms with Crippen LogP contribution in [0.25, 0.3) is 0 Å². The van der Waals surface area contributed by atoms with Crippen molar-refractivity contribution in [2.45, 2.75) is 52.6 Å². The molecule has 1 aliphatic rings. The summed E-state index contributed by atoms with van der Waals surface area (Å²) in [6.45, 7) is 4.20. The van der Waals surface area contributed by atoms with Crippen molar-refractivity contribution in [1.82, 2.24) is 0 Å². The van der Waals surface area contributed by atoms with Crippen LogP contribution in [0.4, 0.5) is 0 Å².